The van der Waals surface area contributed by atoms with Gasteiger partial charge in [-0.1, -0.05) is 24.3 Å². The normalized spacial score (nSPS) is 12.1. The first-order valence-corrected chi connectivity index (χ1v) is 9.08. The van der Waals surface area contributed by atoms with Crippen LogP contribution in [0.25, 0.3) is 17.0 Å². The van der Waals surface area contributed by atoms with Crippen LogP contribution in [0.1, 0.15) is 29.9 Å². The number of nitrogens with zero attached hydrogens (tertiary/aromatic N) is 1. The molecular weight excluding hydrogens is 354 g/mol. The van der Waals surface area contributed by atoms with E-state index < -0.39 is 12.1 Å². The van der Waals surface area contributed by atoms with E-state index in [2.05, 4.69) is 4.98 Å². The monoisotopic (exact) mass is 375 g/mol. The summed E-state index contributed by atoms with van der Waals surface area (Å²) in [6.07, 6.45) is 1.96. The Labute approximate surface area is 163 Å². The van der Waals surface area contributed by atoms with Gasteiger partial charge in [-0.05, 0) is 56.3 Å². The smallest absolute Gasteiger partial charge is 0.331 e. The number of para-hydroxylation sites is 1. The Balaban J connectivity index is 1.61. The third-order valence-electron chi connectivity index (χ3n) is 4.12. The SMILES string of the molecule is CCOc1ccc(C(=O)[C@H](C)OC(=O)/C=C/c2ccc3ccccc3n2)cc1. The summed E-state index contributed by atoms with van der Waals surface area (Å²) in [6, 6.07) is 18.2. The molecule has 0 radical (unpaired) electrons. The lowest BCUT2D eigenvalue weighted by atomic mass is 10.1. The molecule has 5 nitrogen and oxygen atoms in total. The van der Waals surface area contributed by atoms with E-state index in [9.17, 15) is 9.59 Å². The van der Waals surface area contributed by atoms with Crippen LogP contribution in [0.5, 0.6) is 5.75 Å². The fourth-order valence-corrected chi connectivity index (χ4v) is 2.71. The van der Waals surface area contributed by atoms with Crippen LogP contribution in [0.2, 0.25) is 0 Å². The summed E-state index contributed by atoms with van der Waals surface area (Å²) >= 11 is 0. The van der Waals surface area contributed by atoms with Crippen molar-refractivity contribution >= 4 is 28.7 Å². The van der Waals surface area contributed by atoms with Gasteiger partial charge in [0.1, 0.15) is 5.75 Å². The summed E-state index contributed by atoms with van der Waals surface area (Å²) in [5.41, 5.74) is 1.95. The van der Waals surface area contributed by atoms with E-state index in [0.717, 1.165) is 10.9 Å². The van der Waals surface area contributed by atoms with Gasteiger partial charge in [-0.25, -0.2) is 9.78 Å². The van der Waals surface area contributed by atoms with Crippen LogP contribution < -0.4 is 4.74 Å². The van der Waals surface area contributed by atoms with Crippen LogP contribution in [-0.2, 0) is 9.53 Å². The number of ketones is 1. The molecule has 0 aliphatic heterocycles. The van der Waals surface area contributed by atoms with Crippen molar-refractivity contribution in [2.24, 2.45) is 0 Å². The molecule has 142 valence electrons. The van der Waals surface area contributed by atoms with E-state index >= 15 is 0 Å². The van der Waals surface area contributed by atoms with Gasteiger partial charge < -0.3 is 9.47 Å². The highest BCUT2D eigenvalue weighted by Crippen LogP contribution is 2.15. The van der Waals surface area contributed by atoms with Gasteiger partial charge in [0.2, 0.25) is 5.78 Å². The van der Waals surface area contributed by atoms with Crippen molar-refractivity contribution in [3.05, 3.63) is 78.0 Å². The Kier molecular flexibility index (Phi) is 6.17. The maximum Gasteiger partial charge on any atom is 0.331 e. The van der Waals surface area contributed by atoms with E-state index in [0.29, 0.717) is 23.6 Å². The lowest BCUT2D eigenvalue weighted by molar-refractivity contribution is -0.140. The van der Waals surface area contributed by atoms with Crippen molar-refractivity contribution in [1.29, 1.82) is 0 Å². The molecule has 0 saturated heterocycles. The zero-order valence-electron chi connectivity index (χ0n) is 15.8. The molecule has 0 spiro atoms. The summed E-state index contributed by atoms with van der Waals surface area (Å²) in [6.45, 7) is 4.00. The highest BCUT2D eigenvalue weighted by Gasteiger charge is 2.18. The predicted molar refractivity (Wildman–Crippen MR) is 108 cm³/mol. The van der Waals surface area contributed by atoms with Crippen LogP contribution in [0.4, 0.5) is 0 Å². The van der Waals surface area contributed by atoms with Gasteiger partial charge >= 0.3 is 5.97 Å². The first-order chi connectivity index (χ1) is 13.6. The third kappa shape index (κ3) is 4.82. The molecule has 28 heavy (non-hydrogen) atoms. The number of rotatable bonds is 7. The molecule has 1 atom stereocenters. The number of carbonyl (C=O) groups is 2. The number of ether oxygens (including phenoxy) is 2. The van der Waals surface area contributed by atoms with Crippen molar-refractivity contribution in [3.63, 3.8) is 0 Å². The quantitative estimate of drug-likeness (QED) is 0.346. The zero-order valence-corrected chi connectivity index (χ0v) is 15.8. The van der Waals surface area contributed by atoms with Crippen molar-refractivity contribution in [2.75, 3.05) is 6.61 Å². The van der Waals surface area contributed by atoms with Crippen LogP contribution in [0, 0.1) is 0 Å². The molecule has 0 unspecified atom stereocenters. The average molecular weight is 375 g/mol. The Hall–Kier alpha value is -3.47. The molecule has 0 saturated carbocycles. The number of hydrogen-bond acceptors (Lipinski definition) is 5. The third-order valence-corrected chi connectivity index (χ3v) is 4.12. The second-order valence-corrected chi connectivity index (χ2v) is 6.16. The average Bonchev–Trinajstić information content (AvgIpc) is 2.72. The minimum absolute atomic E-state index is 0.270. The predicted octanol–water partition coefficient (Wildman–Crippen LogP) is 4.46. The zero-order chi connectivity index (χ0) is 19.9. The second kappa shape index (κ2) is 8.95. The number of esters is 1. The summed E-state index contributed by atoms with van der Waals surface area (Å²) < 4.78 is 10.6. The molecule has 0 amide bonds. The van der Waals surface area contributed by atoms with Gasteiger partial charge in [0.05, 0.1) is 17.8 Å². The van der Waals surface area contributed by atoms with Crippen LogP contribution >= 0.6 is 0 Å². The highest BCUT2D eigenvalue weighted by molar-refractivity contribution is 6.01. The van der Waals surface area contributed by atoms with Gasteiger partial charge in [0.25, 0.3) is 0 Å². The molecule has 3 rings (SSSR count). The number of hydrogen-bond donors (Lipinski definition) is 0. The molecule has 1 aromatic heterocycles. The molecule has 0 aliphatic rings. The van der Waals surface area contributed by atoms with Crippen molar-refractivity contribution in [2.45, 2.75) is 20.0 Å². The van der Waals surface area contributed by atoms with Gasteiger partial charge in [0.15, 0.2) is 6.10 Å². The lowest BCUT2D eigenvalue weighted by Gasteiger charge is -2.11. The van der Waals surface area contributed by atoms with E-state index in [1.807, 2.05) is 43.3 Å². The summed E-state index contributed by atoms with van der Waals surface area (Å²) in [4.78, 5) is 28.9. The number of aromatic nitrogens is 1. The summed E-state index contributed by atoms with van der Waals surface area (Å²) in [5.74, 6) is -0.176. The number of Topliss-reactive ketones (excluding diaryl/α,β-unsaturated/α-hetero) is 1. The van der Waals surface area contributed by atoms with Gasteiger partial charge in [-0.15, -0.1) is 0 Å². The topological polar surface area (TPSA) is 65.5 Å². The second-order valence-electron chi connectivity index (χ2n) is 6.16. The molecule has 0 N–H and O–H groups in total. The Bertz CT molecular complexity index is 1010. The van der Waals surface area contributed by atoms with Crippen molar-refractivity contribution in [3.8, 4) is 5.75 Å². The van der Waals surface area contributed by atoms with Gasteiger partial charge in [0, 0.05) is 17.0 Å². The largest absolute Gasteiger partial charge is 0.494 e. The van der Waals surface area contributed by atoms with E-state index in [-0.39, 0.29) is 5.78 Å². The molecule has 0 bridgehead atoms. The van der Waals surface area contributed by atoms with Crippen molar-refractivity contribution < 1.29 is 19.1 Å². The molecule has 0 fully saturated rings. The van der Waals surface area contributed by atoms with Crippen LogP contribution in [0.3, 0.4) is 0 Å². The first kappa shape index (κ1) is 19.3. The fraction of sp³-hybridized carbons (Fsp3) is 0.174. The van der Waals surface area contributed by atoms with Gasteiger partial charge in [-0.3, -0.25) is 4.79 Å². The minimum Gasteiger partial charge on any atom is -0.494 e. The van der Waals surface area contributed by atoms with Crippen molar-refractivity contribution in [1.82, 2.24) is 4.98 Å². The van der Waals surface area contributed by atoms with Gasteiger partial charge in [-0.2, -0.15) is 0 Å². The molecule has 5 heteroatoms. The molecular formula is C23H21NO4. The summed E-state index contributed by atoms with van der Waals surface area (Å²) in [7, 11) is 0. The maximum atomic E-state index is 12.4. The number of pyridine rings is 1. The Morgan fingerprint density at radius 1 is 1.04 bits per heavy atom. The van der Waals surface area contributed by atoms with E-state index in [1.54, 1.807) is 37.3 Å². The Morgan fingerprint density at radius 3 is 2.54 bits per heavy atom. The van der Waals surface area contributed by atoms with Crippen LogP contribution in [0.15, 0.2) is 66.7 Å². The maximum absolute atomic E-state index is 12.4. The number of carbonyl (C=O) groups excluding carboxylic acids is 2. The van der Waals surface area contributed by atoms with Crippen LogP contribution in [-0.4, -0.2) is 29.4 Å². The number of benzene rings is 2. The molecule has 2 aromatic carbocycles. The van der Waals surface area contributed by atoms with E-state index in [1.165, 1.54) is 6.08 Å². The molecule has 0 aliphatic carbocycles. The first-order valence-electron chi connectivity index (χ1n) is 9.08. The summed E-state index contributed by atoms with van der Waals surface area (Å²) in [5, 5.41) is 1.02. The number of fused-ring (bicyclic) bond motifs is 1. The molecule has 3 aromatic rings. The molecule has 1 heterocycles. The minimum atomic E-state index is -0.889. The Morgan fingerprint density at radius 2 is 1.79 bits per heavy atom. The van der Waals surface area contributed by atoms with E-state index in [4.69, 9.17) is 9.47 Å². The fourth-order valence-electron chi connectivity index (χ4n) is 2.71. The highest BCUT2D eigenvalue weighted by atomic mass is 16.5. The standard InChI is InChI=1S/C23H21NO4/c1-3-27-20-13-9-18(10-14-20)23(26)16(2)28-22(25)15-12-19-11-8-17-6-4-5-7-21(17)24-19/h4-16H,3H2,1-2H3/b15-12+/t16-/m0/s1. The lowest BCUT2D eigenvalue weighted by Crippen LogP contribution is -2.23.